The standard InChI is InChI=1S/C11H14N2O3S/c1-7(14)12-11(17)13-9-5-4-8(15-2)6-10(9)16-3/h4-6H,1-3H3,(H2,12,13,14,17). The Morgan fingerprint density at radius 2 is 2.00 bits per heavy atom. The molecule has 1 rings (SSSR count). The Morgan fingerprint density at radius 1 is 1.29 bits per heavy atom. The third-order valence-electron chi connectivity index (χ3n) is 1.95. The maximum Gasteiger partial charge on any atom is 0.222 e. The number of methoxy groups -OCH3 is 2. The molecule has 17 heavy (non-hydrogen) atoms. The molecule has 0 unspecified atom stereocenters. The second-order valence-electron chi connectivity index (χ2n) is 3.20. The highest BCUT2D eigenvalue weighted by atomic mass is 32.1. The zero-order valence-corrected chi connectivity index (χ0v) is 10.7. The number of anilines is 1. The number of nitrogens with one attached hydrogen (secondary N) is 2. The Hall–Kier alpha value is -1.82. The van der Waals surface area contributed by atoms with Gasteiger partial charge in [0, 0.05) is 13.0 Å². The number of carbonyl (C=O) groups is 1. The van der Waals surface area contributed by atoms with Gasteiger partial charge in [-0.3, -0.25) is 4.79 Å². The molecule has 2 N–H and O–H groups in total. The first-order chi connectivity index (χ1) is 8.06. The van der Waals surface area contributed by atoms with Gasteiger partial charge in [-0.05, 0) is 24.4 Å². The van der Waals surface area contributed by atoms with E-state index in [2.05, 4.69) is 10.6 Å². The van der Waals surface area contributed by atoms with Crippen LogP contribution in [0.5, 0.6) is 11.5 Å². The predicted molar refractivity (Wildman–Crippen MR) is 69.6 cm³/mol. The molecule has 0 aliphatic carbocycles. The normalized spacial score (nSPS) is 9.35. The Morgan fingerprint density at radius 3 is 2.53 bits per heavy atom. The van der Waals surface area contributed by atoms with E-state index in [0.717, 1.165) is 0 Å². The monoisotopic (exact) mass is 254 g/mol. The number of rotatable bonds is 3. The molecule has 6 heteroatoms. The van der Waals surface area contributed by atoms with Crippen molar-refractivity contribution in [1.82, 2.24) is 5.32 Å². The third-order valence-corrected chi connectivity index (χ3v) is 2.15. The lowest BCUT2D eigenvalue weighted by atomic mass is 10.2. The lowest BCUT2D eigenvalue weighted by Crippen LogP contribution is -2.32. The van der Waals surface area contributed by atoms with E-state index in [-0.39, 0.29) is 11.0 Å². The summed E-state index contributed by atoms with van der Waals surface area (Å²) in [6.45, 7) is 1.39. The highest BCUT2D eigenvalue weighted by Gasteiger charge is 2.07. The second-order valence-corrected chi connectivity index (χ2v) is 3.61. The quantitative estimate of drug-likeness (QED) is 0.801. The van der Waals surface area contributed by atoms with Crippen molar-refractivity contribution < 1.29 is 14.3 Å². The molecule has 0 fully saturated rings. The first-order valence-corrected chi connectivity index (χ1v) is 5.28. The zero-order chi connectivity index (χ0) is 12.8. The Balaban J connectivity index is 2.83. The van der Waals surface area contributed by atoms with Crippen LogP contribution < -0.4 is 20.1 Å². The van der Waals surface area contributed by atoms with Crippen molar-refractivity contribution in [2.75, 3.05) is 19.5 Å². The van der Waals surface area contributed by atoms with Gasteiger partial charge in [0.25, 0.3) is 0 Å². The minimum atomic E-state index is -0.227. The lowest BCUT2D eigenvalue weighted by molar-refractivity contribution is -0.117. The summed E-state index contributed by atoms with van der Waals surface area (Å²) in [6.07, 6.45) is 0. The number of carbonyl (C=O) groups excluding carboxylic acids is 1. The molecular weight excluding hydrogens is 240 g/mol. The van der Waals surface area contributed by atoms with Gasteiger partial charge in [-0.1, -0.05) is 0 Å². The molecule has 0 aliphatic rings. The first-order valence-electron chi connectivity index (χ1n) is 4.87. The van der Waals surface area contributed by atoms with E-state index < -0.39 is 0 Å². The van der Waals surface area contributed by atoms with Crippen LogP contribution in [0.3, 0.4) is 0 Å². The van der Waals surface area contributed by atoms with Gasteiger partial charge >= 0.3 is 0 Å². The molecule has 0 aromatic heterocycles. The molecule has 0 saturated carbocycles. The van der Waals surface area contributed by atoms with Crippen molar-refractivity contribution in [2.45, 2.75) is 6.92 Å². The fourth-order valence-corrected chi connectivity index (χ4v) is 1.47. The Bertz CT molecular complexity index is 435. The minimum Gasteiger partial charge on any atom is -0.497 e. The molecule has 0 atom stereocenters. The average Bonchev–Trinajstić information content (AvgIpc) is 2.28. The number of hydrogen-bond acceptors (Lipinski definition) is 4. The van der Waals surface area contributed by atoms with E-state index in [1.807, 2.05) is 0 Å². The van der Waals surface area contributed by atoms with Gasteiger partial charge < -0.3 is 20.1 Å². The summed E-state index contributed by atoms with van der Waals surface area (Å²) >= 11 is 4.95. The number of hydrogen-bond donors (Lipinski definition) is 2. The van der Waals surface area contributed by atoms with Crippen LogP contribution in [0.4, 0.5) is 5.69 Å². The highest BCUT2D eigenvalue weighted by Crippen LogP contribution is 2.28. The van der Waals surface area contributed by atoms with E-state index in [4.69, 9.17) is 21.7 Å². The van der Waals surface area contributed by atoms with Gasteiger partial charge in [-0.25, -0.2) is 0 Å². The van der Waals surface area contributed by atoms with Crippen molar-refractivity contribution in [1.29, 1.82) is 0 Å². The number of benzene rings is 1. The molecule has 0 aliphatic heterocycles. The first kappa shape index (κ1) is 13.2. The SMILES string of the molecule is COc1ccc(NC(=S)NC(C)=O)c(OC)c1. The molecule has 0 radical (unpaired) electrons. The van der Waals surface area contributed by atoms with Crippen molar-refractivity contribution >= 4 is 28.9 Å². The fourth-order valence-electron chi connectivity index (χ4n) is 1.22. The maximum atomic E-state index is 10.8. The van der Waals surface area contributed by atoms with Crippen molar-refractivity contribution in [3.05, 3.63) is 18.2 Å². The molecule has 1 amide bonds. The van der Waals surface area contributed by atoms with Crippen LogP contribution in [0.25, 0.3) is 0 Å². The van der Waals surface area contributed by atoms with Crippen LogP contribution in [-0.4, -0.2) is 25.2 Å². The second kappa shape index (κ2) is 6.05. The third kappa shape index (κ3) is 3.92. The fraction of sp³-hybridized carbons (Fsp3) is 0.273. The largest absolute Gasteiger partial charge is 0.497 e. The summed E-state index contributed by atoms with van der Waals surface area (Å²) in [6, 6.07) is 5.24. The van der Waals surface area contributed by atoms with Crippen LogP contribution in [-0.2, 0) is 4.79 Å². The van der Waals surface area contributed by atoms with Crippen molar-refractivity contribution in [2.24, 2.45) is 0 Å². The number of ether oxygens (including phenoxy) is 2. The highest BCUT2D eigenvalue weighted by molar-refractivity contribution is 7.80. The van der Waals surface area contributed by atoms with Crippen LogP contribution in [0.1, 0.15) is 6.92 Å². The molecule has 0 saturated heterocycles. The molecular formula is C11H14N2O3S. The van der Waals surface area contributed by atoms with Crippen LogP contribution >= 0.6 is 12.2 Å². The van der Waals surface area contributed by atoms with Gasteiger partial charge in [0.1, 0.15) is 11.5 Å². The summed E-state index contributed by atoms with van der Waals surface area (Å²) in [5.41, 5.74) is 0.659. The number of thiocarbonyl (C=S) groups is 1. The van der Waals surface area contributed by atoms with Crippen molar-refractivity contribution in [3.8, 4) is 11.5 Å². The van der Waals surface area contributed by atoms with E-state index in [0.29, 0.717) is 17.2 Å². The summed E-state index contributed by atoms with van der Waals surface area (Å²) in [5.74, 6) is 1.03. The topological polar surface area (TPSA) is 59.6 Å². The van der Waals surface area contributed by atoms with E-state index in [1.165, 1.54) is 6.92 Å². The molecule has 1 aromatic carbocycles. The van der Waals surface area contributed by atoms with Crippen LogP contribution in [0.15, 0.2) is 18.2 Å². The Labute approximate surface area is 105 Å². The van der Waals surface area contributed by atoms with Gasteiger partial charge in [0.15, 0.2) is 5.11 Å². The van der Waals surface area contributed by atoms with E-state index in [1.54, 1.807) is 32.4 Å². The number of amides is 1. The van der Waals surface area contributed by atoms with E-state index in [9.17, 15) is 4.79 Å². The van der Waals surface area contributed by atoms with Gasteiger partial charge in [-0.2, -0.15) is 0 Å². The maximum absolute atomic E-state index is 10.8. The molecule has 1 aromatic rings. The lowest BCUT2D eigenvalue weighted by Gasteiger charge is -2.12. The molecule has 0 spiro atoms. The van der Waals surface area contributed by atoms with E-state index >= 15 is 0 Å². The summed E-state index contributed by atoms with van der Waals surface area (Å²) in [5, 5.41) is 5.55. The molecule has 0 bridgehead atoms. The zero-order valence-electron chi connectivity index (χ0n) is 9.87. The average molecular weight is 254 g/mol. The van der Waals surface area contributed by atoms with Gasteiger partial charge in [0.05, 0.1) is 19.9 Å². The summed E-state index contributed by atoms with van der Waals surface area (Å²) in [7, 11) is 3.12. The Kier molecular flexibility index (Phi) is 4.71. The molecule has 92 valence electrons. The smallest absolute Gasteiger partial charge is 0.222 e. The van der Waals surface area contributed by atoms with Gasteiger partial charge in [0.2, 0.25) is 5.91 Å². The predicted octanol–water partition coefficient (Wildman–Crippen LogP) is 1.54. The van der Waals surface area contributed by atoms with Crippen LogP contribution in [0, 0.1) is 0 Å². The van der Waals surface area contributed by atoms with Crippen molar-refractivity contribution in [3.63, 3.8) is 0 Å². The summed E-state index contributed by atoms with van der Waals surface area (Å²) < 4.78 is 10.2. The molecule has 0 heterocycles. The van der Waals surface area contributed by atoms with Gasteiger partial charge in [-0.15, -0.1) is 0 Å². The minimum absolute atomic E-state index is 0.223. The summed E-state index contributed by atoms with van der Waals surface area (Å²) in [4.78, 5) is 10.8. The van der Waals surface area contributed by atoms with Crippen LogP contribution in [0.2, 0.25) is 0 Å². The molecule has 5 nitrogen and oxygen atoms in total.